The van der Waals surface area contributed by atoms with Gasteiger partial charge in [-0.25, -0.2) is 4.79 Å². The number of hydrogen-bond acceptors (Lipinski definition) is 4. The Hall–Kier alpha value is -2.90. The third kappa shape index (κ3) is 4.26. The summed E-state index contributed by atoms with van der Waals surface area (Å²) in [6, 6.07) is 5.68. The Morgan fingerprint density at radius 2 is 2.14 bits per heavy atom. The second-order valence-electron chi connectivity index (χ2n) is 8.57. The Labute approximate surface area is 169 Å². The lowest BCUT2D eigenvalue weighted by atomic mass is 10.0. The molecule has 0 radical (unpaired) electrons. The van der Waals surface area contributed by atoms with Crippen molar-refractivity contribution in [1.82, 2.24) is 20.1 Å². The first-order chi connectivity index (χ1) is 13.8. The molecule has 3 N–H and O–H groups in total. The molecule has 2 aliphatic rings. The third-order valence-electron chi connectivity index (χ3n) is 6.15. The van der Waals surface area contributed by atoms with Crippen molar-refractivity contribution in [3.05, 3.63) is 41.3 Å². The summed E-state index contributed by atoms with van der Waals surface area (Å²) in [5.74, 6) is 0.549. The van der Waals surface area contributed by atoms with Gasteiger partial charge in [0.1, 0.15) is 0 Å². The fourth-order valence-electron chi connectivity index (χ4n) is 4.29. The van der Waals surface area contributed by atoms with Crippen LogP contribution in [0.25, 0.3) is 0 Å². The maximum Gasteiger partial charge on any atom is 0.408 e. The molecule has 2 unspecified atom stereocenters. The number of carboxylic acid groups (broad SMARTS) is 1. The predicted molar refractivity (Wildman–Crippen MR) is 108 cm³/mol. The number of aromatic nitrogens is 3. The van der Waals surface area contributed by atoms with Crippen molar-refractivity contribution in [3.63, 3.8) is 0 Å². The number of pyridine rings is 1. The number of rotatable bonds is 6. The van der Waals surface area contributed by atoms with Crippen LogP contribution < -0.4 is 5.32 Å². The van der Waals surface area contributed by atoms with Gasteiger partial charge in [0.2, 0.25) is 5.91 Å². The maximum absolute atomic E-state index is 12.3. The zero-order chi connectivity index (χ0) is 20.6. The van der Waals surface area contributed by atoms with Gasteiger partial charge in [0.05, 0.1) is 6.42 Å². The molecule has 0 aliphatic heterocycles. The van der Waals surface area contributed by atoms with Gasteiger partial charge in [-0.1, -0.05) is 6.07 Å². The molecule has 2 fully saturated rings. The fraction of sp³-hybridized carbons (Fsp3) is 0.524. The van der Waals surface area contributed by atoms with Crippen molar-refractivity contribution in [3.8, 4) is 0 Å². The molecule has 2 heterocycles. The Kier molecular flexibility index (Phi) is 5.02. The number of nitrogens with zero attached hydrogens (tertiary/aromatic N) is 3. The van der Waals surface area contributed by atoms with Gasteiger partial charge in [-0.15, -0.1) is 0 Å². The third-order valence-corrected chi connectivity index (χ3v) is 6.15. The lowest BCUT2D eigenvalue weighted by Crippen LogP contribution is -2.45. The molecule has 2 aliphatic carbocycles. The first kappa shape index (κ1) is 19.4. The number of carbonyl (C=O) groups excluding carboxylic acids is 1. The molecule has 29 heavy (non-hydrogen) atoms. The first-order valence-electron chi connectivity index (χ1n) is 10.1. The highest BCUT2D eigenvalue weighted by Gasteiger charge is 2.50. The molecule has 2 atom stereocenters. The summed E-state index contributed by atoms with van der Waals surface area (Å²) in [5.41, 5.74) is 2.52. The van der Waals surface area contributed by atoms with E-state index in [2.05, 4.69) is 20.5 Å². The van der Waals surface area contributed by atoms with E-state index < -0.39 is 6.09 Å². The van der Waals surface area contributed by atoms with Crippen molar-refractivity contribution in [2.45, 2.75) is 69.9 Å². The summed E-state index contributed by atoms with van der Waals surface area (Å²) < 4.78 is 0. The van der Waals surface area contributed by atoms with E-state index in [1.165, 1.54) is 0 Å². The van der Waals surface area contributed by atoms with E-state index in [1.54, 1.807) is 11.1 Å². The summed E-state index contributed by atoms with van der Waals surface area (Å²) in [4.78, 5) is 29.9. The van der Waals surface area contributed by atoms with Crippen LogP contribution >= 0.6 is 0 Å². The van der Waals surface area contributed by atoms with Crippen LogP contribution in [0.4, 0.5) is 10.6 Å². The van der Waals surface area contributed by atoms with Crippen LogP contribution in [-0.4, -0.2) is 48.8 Å². The normalized spacial score (nSPS) is 22.3. The monoisotopic (exact) mass is 397 g/mol. The van der Waals surface area contributed by atoms with E-state index in [4.69, 9.17) is 0 Å². The van der Waals surface area contributed by atoms with Crippen molar-refractivity contribution in [2.24, 2.45) is 0 Å². The molecule has 0 saturated heterocycles. The largest absolute Gasteiger partial charge is 0.465 e. The summed E-state index contributed by atoms with van der Waals surface area (Å²) in [6.45, 7) is 3.98. The Morgan fingerprint density at radius 1 is 1.34 bits per heavy atom. The molecule has 0 spiro atoms. The van der Waals surface area contributed by atoms with Gasteiger partial charge in [-0.2, -0.15) is 5.10 Å². The van der Waals surface area contributed by atoms with Crippen LogP contribution in [0.15, 0.2) is 24.4 Å². The lowest BCUT2D eigenvalue weighted by molar-refractivity contribution is -0.115. The standard InChI is InChI=1S/C21H27N5O3/c1-13-3-5-15(22-12-13)10-19(27)23-18-11-17(24-25-18)14-4-6-16(9-14)26(20(28)29)21(2)7-8-21/h3,5,11-12,14,16H,4,6-10H2,1-2H3,(H,28,29)(H2,23,24,25,27). The smallest absolute Gasteiger partial charge is 0.408 e. The molecule has 2 aromatic heterocycles. The number of amides is 2. The predicted octanol–water partition coefficient (Wildman–Crippen LogP) is 3.46. The average Bonchev–Trinajstić information content (AvgIpc) is 3.07. The highest BCUT2D eigenvalue weighted by molar-refractivity contribution is 5.91. The van der Waals surface area contributed by atoms with Gasteiger partial charge < -0.3 is 10.4 Å². The minimum absolute atomic E-state index is 0.0407. The molecule has 2 aromatic rings. The topological polar surface area (TPSA) is 111 Å². The highest BCUT2D eigenvalue weighted by Crippen LogP contribution is 2.47. The zero-order valence-corrected chi connectivity index (χ0v) is 16.8. The zero-order valence-electron chi connectivity index (χ0n) is 16.8. The van der Waals surface area contributed by atoms with Crippen molar-refractivity contribution in [2.75, 3.05) is 5.32 Å². The SMILES string of the molecule is Cc1ccc(CC(=O)Nc2cc(C3CCC(N(C(=O)O)C4(C)CC4)C3)[nH]n2)nc1. The van der Waals surface area contributed by atoms with Crippen molar-refractivity contribution >= 4 is 17.8 Å². The van der Waals surface area contributed by atoms with Gasteiger partial charge in [0.15, 0.2) is 5.82 Å². The second kappa shape index (κ2) is 7.50. The average molecular weight is 397 g/mol. The number of hydrogen-bond donors (Lipinski definition) is 3. The Balaban J connectivity index is 1.35. The minimum Gasteiger partial charge on any atom is -0.465 e. The summed E-state index contributed by atoms with van der Waals surface area (Å²) in [5, 5.41) is 19.7. The molecule has 4 rings (SSSR count). The van der Waals surface area contributed by atoms with Gasteiger partial charge in [0, 0.05) is 41.1 Å². The Morgan fingerprint density at radius 3 is 2.79 bits per heavy atom. The lowest BCUT2D eigenvalue weighted by Gasteiger charge is -2.32. The van der Waals surface area contributed by atoms with E-state index in [0.29, 0.717) is 11.5 Å². The number of anilines is 1. The quantitative estimate of drug-likeness (QED) is 0.691. The van der Waals surface area contributed by atoms with Crippen molar-refractivity contribution < 1.29 is 14.7 Å². The number of nitrogens with one attached hydrogen (secondary N) is 2. The van der Waals surface area contributed by atoms with Crippen LogP contribution in [-0.2, 0) is 11.2 Å². The van der Waals surface area contributed by atoms with Gasteiger partial charge in [-0.05, 0) is 57.6 Å². The van der Waals surface area contributed by atoms with Gasteiger partial charge >= 0.3 is 6.09 Å². The van der Waals surface area contributed by atoms with E-state index >= 15 is 0 Å². The van der Waals surface area contributed by atoms with Crippen LogP contribution in [0.2, 0.25) is 0 Å². The molecule has 2 amide bonds. The fourth-order valence-corrected chi connectivity index (χ4v) is 4.29. The molecular formula is C21H27N5O3. The number of aromatic amines is 1. The minimum atomic E-state index is -0.821. The van der Waals surface area contributed by atoms with Crippen LogP contribution in [0.1, 0.15) is 61.9 Å². The van der Waals surface area contributed by atoms with E-state index in [1.807, 2.05) is 32.0 Å². The van der Waals surface area contributed by atoms with Gasteiger partial charge in [0.25, 0.3) is 0 Å². The van der Waals surface area contributed by atoms with Crippen LogP contribution in [0.5, 0.6) is 0 Å². The molecule has 0 bridgehead atoms. The molecule has 2 saturated carbocycles. The molecule has 0 aromatic carbocycles. The second-order valence-corrected chi connectivity index (χ2v) is 8.57. The van der Waals surface area contributed by atoms with E-state index in [0.717, 1.165) is 43.4 Å². The van der Waals surface area contributed by atoms with E-state index in [9.17, 15) is 14.7 Å². The maximum atomic E-state index is 12.3. The Bertz CT molecular complexity index is 903. The number of carbonyl (C=O) groups is 2. The summed E-state index contributed by atoms with van der Waals surface area (Å²) in [7, 11) is 0. The van der Waals surface area contributed by atoms with Crippen LogP contribution in [0.3, 0.4) is 0 Å². The molecule has 154 valence electrons. The van der Waals surface area contributed by atoms with E-state index in [-0.39, 0.29) is 29.8 Å². The highest BCUT2D eigenvalue weighted by atomic mass is 16.4. The summed E-state index contributed by atoms with van der Waals surface area (Å²) >= 11 is 0. The van der Waals surface area contributed by atoms with Crippen molar-refractivity contribution in [1.29, 1.82) is 0 Å². The van der Waals surface area contributed by atoms with Gasteiger partial charge in [-0.3, -0.25) is 19.8 Å². The molecular weight excluding hydrogens is 370 g/mol. The molecule has 8 nitrogen and oxygen atoms in total. The number of aryl methyl sites for hydroxylation is 1. The first-order valence-corrected chi connectivity index (χ1v) is 10.1. The molecule has 8 heteroatoms. The number of H-pyrrole nitrogens is 1. The summed E-state index contributed by atoms with van der Waals surface area (Å²) in [6.07, 6.45) is 5.55. The van der Waals surface area contributed by atoms with Crippen LogP contribution in [0, 0.1) is 6.92 Å².